The van der Waals surface area contributed by atoms with E-state index in [1.165, 1.54) is 12.1 Å². The van der Waals surface area contributed by atoms with E-state index in [-0.39, 0.29) is 12.0 Å². The van der Waals surface area contributed by atoms with Gasteiger partial charge in [-0.05, 0) is 43.2 Å². The molecule has 0 heterocycles. The van der Waals surface area contributed by atoms with Crippen molar-refractivity contribution in [3.8, 4) is 0 Å². The first-order valence-corrected chi connectivity index (χ1v) is 7.21. The zero-order valence-corrected chi connectivity index (χ0v) is 12.1. The van der Waals surface area contributed by atoms with Crippen LogP contribution in [0.3, 0.4) is 0 Å². The Bertz CT molecular complexity index is 536. The van der Waals surface area contributed by atoms with Crippen LogP contribution in [0.1, 0.15) is 38.2 Å². The maximum Gasteiger partial charge on any atom is 0.329 e. The SMILES string of the molecule is CC1CCC(NC(=O)Cc2ccccc2F)(C(=O)O)CC1. The van der Waals surface area contributed by atoms with Gasteiger partial charge in [0.25, 0.3) is 0 Å². The molecule has 0 atom stereocenters. The first kappa shape index (κ1) is 15.5. The predicted octanol–water partition coefficient (Wildman–Crippen LogP) is 2.52. The molecule has 114 valence electrons. The van der Waals surface area contributed by atoms with Gasteiger partial charge in [-0.3, -0.25) is 4.79 Å². The highest BCUT2D eigenvalue weighted by molar-refractivity contribution is 5.88. The Hall–Kier alpha value is -1.91. The molecule has 1 fully saturated rings. The summed E-state index contributed by atoms with van der Waals surface area (Å²) in [4.78, 5) is 23.6. The second-order valence-corrected chi connectivity index (χ2v) is 5.89. The standard InChI is InChI=1S/C16H20FNO3/c1-11-6-8-16(9-7-11,15(20)21)18-14(19)10-12-4-2-3-5-13(12)17/h2-5,11H,6-10H2,1H3,(H,18,19)(H,20,21). The summed E-state index contributed by atoms with van der Waals surface area (Å²) in [7, 11) is 0. The zero-order chi connectivity index (χ0) is 15.5. The Morgan fingerprint density at radius 3 is 2.52 bits per heavy atom. The Morgan fingerprint density at radius 2 is 1.95 bits per heavy atom. The fourth-order valence-electron chi connectivity index (χ4n) is 2.77. The monoisotopic (exact) mass is 293 g/mol. The lowest BCUT2D eigenvalue weighted by atomic mass is 9.77. The number of aliphatic carboxylic acids is 1. The summed E-state index contributed by atoms with van der Waals surface area (Å²) in [5, 5.41) is 12.1. The van der Waals surface area contributed by atoms with Crippen LogP contribution in [0.5, 0.6) is 0 Å². The molecule has 1 aliphatic rings. The molecule has 21 heavy (non-hydrogen) atoms. The molecular weight excluding hydrogens is 273 g/mol. The van der Waals surface area contributed by atoms with Gasteiger partial charge in [0, 0.05) is 0 Å². The molecule has 2 rings (SSSR count). The summed E-state index contributed by atoms with van der Waals surface area (Å²) >= 11 is 0. The molecule has 0 spiro atoms. The third-order valence-electron chi connectivity index (χ3n) is 4.22. The van der Waals surface area contributed by atoms with E-state index >= 15 is 0 Å². The second kappa shape index (κ2) is 6.24. The van der Waals surface area contributed by atoms with Gasteiger partial charge >= 0.3 is 5.97 Å². The first-order chi connectivity index (χ1) is 9.93. The molecule has 1 aromatic carbocycles. The first-order valence-electron chi connectivity index (χ1n) is 7.21. The van der Waals surface area contributed by atoms with Gasteiger partial charge in [-0.1, -0.05) is 25.1 Å². The Morgan fingerprint density at radius 1 is 1.33 bits per heavy atom. The summed E-state index contributed by atoms with van der Waals surface area (Å²) in [5.74, 6) is -1.43. The number of benzene rings is 1. The number of amides is 1. The molecule has 0 radical (unpaired) electrons. The molecule has 1 saturated carbocycles. The minimum atomic E-state index is -1.20. The van der Waals surface area contributed by atoms with Crippen molar-refractivity contribution in [1.29, 1.82) is 0 Å². The summed E-state index contributed by atoms with van der Waals surface area (Å²) < 4.78 is 13.5. The number of rotatable bonds is 4. The van der Waals surface area contributed by atoms with E-state index in [0.717, 1.165) is 12.8 Å². The fourth-order valence-corrected chi connectivity index (χ4v) is 2.77. The average molecular weight is 293 g/mol. The van der Waals surface area contributed by atoms with E-state index in [1.807, 2.05) is 0 Å². The zero-order valence-electron chi connectivity index (χ0n) is 12.1. The fraction of sp³-hybridized carbons (Fsp3) is 0.500. The van der Waals surface area contributed by atoms with Crippen LogP contribution < -0.4 is 5.32 Å². The predicted molar refractivity (Wildman–Crippen MR) is 76.2 cm³/mol. The molecular formula is C16H20FNO3. The second-order valence-electron chi connectivity index (χ2n) is 5.89. The van der Waals surface area contributed by atoms with Crippen LogP contribution in [0.4, 0.5) is 4.39 Å². The van der Waals surface area contributed by atoms with Crippen molar-refractivity contribution in [2.45, 2.75) is 44.6 Å². The van der Waals surface area contributed by atoms with Crippen molar-refractivity contribution < 1.29 is 19.1 Å². The van der Waals surface area contributed by atoms with Gasteiger partial charge in [0.2, 0.25) is 5.91 Å². The number of carbonyl (C=O) groups is 2. The van der Waals surface area contributed by atoms with Gasteiger partial charge in [0.15, 0.2) is 0 Å². The molecule has 0 aliphatic heterocycles. The topological polar surface area (TPSA) is 66.4 Å². The lowest BCUT2D eigenvalue weighted by molar-refractivity contribution is -0.149. The highest BCUT2D eigenvalue weighted by Gasteiger charge is 2.42. The van der Waals surface area contributed by atoms with Crippen molar-refractivity contribution in [3.63, 3.8) is 0 Å². The number of carboxylic acid groups (broad SMARTS) is 1. The van der Waals surface area contributed by atoms with Gasteiger partial charge in [-0.25, -0.2) is 9.18 Å². The molecule has 5 heteroatoms. The number of halogens is 1. The van der Waals surface area contributed by atoms with E-state index in [4.69, 9.17) is 0 Å². The summed E-state index contributed by atoms with van der Waals surface area (Å²) in [6.45, 7) is 2.08. The molecule has 1 aromatic rings. The number of hydrogen-bond acceptors (Lipinski definition) is 2. The average Bonchev–Trinajstić information content (AvgIpc) is 2.44. The van der Waals surface area contributed by atoms with Crippen molar-refractivity contribution in [1.82, 2.24) is 5.32 Å². The van der Waals surface area contributed by atoms with Crippen LogP contribution in [0, 0.1) is 11.7 Å². The van der Waals surface area contributed by atoms with Crippen LogP contribution in [0.15, 0.2) is 24.3 Å². The molecule has 0 saturated heterocycles. The van der Waals surface area contributed by atoms with E-state index in [2.05, 4.69) is 12.2 Å². The molecule has 0 aromatic heterocycles. The van der Waals surface area contributed by atoms with Gasteiger partial charge < -0.3 is 10.4 Å². The maximum atomic E-state index is 13.5. The van der Waals surface area contributed by atoms with Crippen LogP contribution >= 0.6 is 0 Å². The summed E-state index contributed by atoms with van der Waals surface area (Å²) in [6.07, 6.45) is 2.24. The van der Waals surface area contributed by atoms with E-state index in [1.54, 1.807) is 12.1 Å². The number of hydrogen-bond donors (Lipinski definition) is 2. The number of carbonyl (C=O) groups excluding carboxylic acids is 1. The number of nitrogens with one attached hydrogen (secondary N) is 1. The minimum absolute atomic E-state index is 0.142. The van der Waals surface area contributed by atoms with Crippen LogP contribution in [0.25, 0.3) is 0 Å². The Kier molecular flexibility index (Phi) is 4.60. The molecule has 2 N–H and O–H groups in total. The van der Waals surface area contributed by atoms with E-state index in [0.29, 0.717) is 18.8 Å². The molecule has 0 bridgehead atoms. The molecule has 4 nitrogen and oxygen atoms in total. The van der Waals surface area contributed by atoms with Gasteiger partial charge in [0.05, 0.1) is 6.42 Å². The van der Waals surface area contributed by atoms with E-state index in [9.17, 15) is 19.1 Å². The normalized spacial score (nSPS) is 25.3. The van der Waals surface area contributed by atoms with Crippen LogP contribution in [-0.2, 0) is 16.0 Å². The van der Waals surface area contributed by atoms with Crippen LogP contribution in [0.2, 0.25) is 0 Å². The quantitative estimate of drug-likeness (QED) is 0.896. The smallest absolute Gasteiger partial charge is 0.329 e. The Labute approximate surface area is 123 Å². The third kappa shape index (κ3) is 3.60. The lowest BCUT2D eigenvalue weighted by Crippen LogP contribution is -2.56. The molecule has 0 unspecified atom stereocenters. The van der Waals surface area contributed by atoms with Gasteiger partial charge in [0.1, 0.15) is 11.4 Å². The minimum Gasteiger partial charge on any atom is -0.480 e. The van der Waals surface area contributed by atoms with Crippen molar-refractivity contribution in [3.05, 3.63) is 35.6 Å². The van der Waals surface area contributed by atoms with Crippen molar-refractivity contribution >= 4 is 11.9 Å². The maximum absolute atomic E-state index is 13.5. The molecule has 1 aliphatic carbocycles. The summed E-state index contributed by atoms with van der Waals surface area (Å²) in [6, 6.07) is 6.03. The lowest BCUT2D eigenvalue weighted by Gasteiger charge is -2.36. The largest absolute Gasteiger partial charge is 0.480 e. The summed E-state index contributed by atoms with van der Waals surface area (Å²) in [5.41, 5.74) is -0.922. The molecule has 1 amide bonds. The van der Waals surface area contributed by atoms with Crippen molar-refractivity contribution in [2.75, 3.05) is 0 Å². The number of carboxylic acids is 1. The van der Waals surface area contributed by atoms with Crippen molar-refractivity contribution in [2.24, 2.45) is 5.92 Å². The van der Waals surface area contributed by atoms with Crippen LogP contribution in [-0.4, -0.2) is 22.5 Å². The van der Waals surface area contributed by atoms with E-state index < -0.39 is 23.2 Å². The Balaban J connectivity index is 2.06. The highest BCUT2D eigenvalue weighted by Crippen LogP contribution is 2.32. The van der Waals surface area contributed by atoms with Gasteiger partial charge in [-0.15, -0.1) is 0 Å². The van der Waals surface area contributed by atoms with Gasteiger partial charge in [-0.2, -0.15) is 0 Å². The third-order valence-corrected chi connectivity index (χ3v) is 4.22. The highest BCUT2D eigenvalue weighted by atomic mass is 19.1.